The van der Waals surface area contributed by atoms with Crippen LogP contribution in [0.15, 0.2) is 87.2 Å². The van der Waals surface area contributed by atoms with E-state index >= 15 is 0 Å². The minimum atomic E-state index is -0.470. The van der Waals surface area contributed by atoms with Crippen LogP contribution >= 0.6 is 15.9 Å². The third-order valence-electron chi connectivity index (χ3n) is 4.78. The van der Waals surface area contributed by atoms with Crippen molar-refractivity contribution in [3.8, 4) is 17.1 Å². The van der Waals surface area contributed by atoms with Crippen molar-refractivity contribution in [3.63, 3.8) is 0 Å². The molecule has 0 aliphatic rings. The number of carbonyl (C=O) groups excluding carboxylic acids is 1. The molecule has 4 aromatic rings. The Morgan fingerprint density at radius 2 is 1.82 bits per heavy atom. The average molecular weight is 520 g/mol. The Hall–Kier alpha value is -3.78. The molecule has 0 radical (unpaired) electrons. The summed E-state index contributed by atoms with van der Waals surface area (Å²) in [5.74, 6) is 0.372. The van der Waals surface area contributed by atoms with Gasteiger partial charge in [0.1, 0.15) is 5.75 Å². The molecule has 0 saturated heterocycles. The molecule has 0 N–H and O–H groups in total. The van der Waals surface area contributed by atoms with E-state index in [1.807, 2.05) is 36.4 Å². The maximum atomic E-state index is 13.3. The zero-order valence-corrected chi connectivity index (χ0v) is 20.2. The molecule has 0 fully saturated rings. The van der Waals surface area contributed by atoms with E-state index < -0.39 is 5.97 Å². The molecule has 7 nitrogen and oxygen atoms in total. The number of esters is 1. The van der Waals surface area contributed by atoms with E-state index in [4.69, 9.17) is 14.5 Å². The summed E-state index contributed by atoms with van der Waals surface area (Å²) in [6.45, 7) is 3.30. The summed E-state index contributed by atoms with van der Waals surface area (Å²) >= 11 is 3.44. The van der Waals surface area contributed by atoms with E-state index in [9.17, 15) is 9.59 Å². The number of rotatable bonds is 7. The monoisotopic (exact) mass is 519 g/mol. The van der Waals surface area contributed by atoms with E-state index in [1.165, 1.54) is 10.9 Å². The van der Waals surface area contributed by atoms with Crippen LogP contribution in [0.4, 0.5) is 0 Å². The van der Waals surface area contributed by atoms with Crippen LogP contribution in [-0.4, -0.2) is 34.6 Å². The van der Waals surface area contributed by atoms with Crippen molar-refractivity contribution in [3.05, 3.63) is 93.2 Å². The van der Waals surface area contributed by atoms with Gasteiger partial charge in [0, 0.05) is 15.6 Å². The summed E-state index contributed by atoms with van der Waals surface area (Å²) in [5.41, 5.74) is 1.63. The van der Waals surface area contributed by atoms with Crippen molar-refractivity contribution in [2.24, 2.45) is 5.10 Å². The van der Waals surface area contributed by atoms with Crippen molar-refractivity contribution >= 4 is 39.0 Å². The first kappa shape index (κ1) is 23.4. The lowest BCUT2D eigenvalue weighted by Crippen LogP contribution is -2.20. The van der Waals surface area contributed by atoms with Gasteiger partial charge in [-0.3, -0.25) is 4.79 Å². The Bertz CT molecular complexity index is 1410. The highest BCUT2D eigenvalue weighted by Gasteiger charge is 2.13. The predicted molar refractivity (Wildman–Crippen MR) is 135 cm³/mol. The first-order valence-corrected chi connectivity index (χ1v) is 11.4. The number of para-hydroxylation sites is 1. The van der Waals surface area contributed by atoms with Crippen molar-refractivity contribution in [2.75, 3.05) is 6.61 Å². The second kappa shape index (κ2) is 10.4. The summed E-state index contributed by atoms with van der Waals surface area (Å²) in [7, 11) is 0. The van der Waals surface area contributed by atoms with Gasteiger partial charge >= 0.3 is 5.97 Å². The zero-order valence-electron chi connectivity index (χ0n) is 18.6. The van der Waals surface area contributed by atoms with E-state index in [-0.39, 0.29) is 18.3 Å². The third kappa shape index (κ3) is 5.40. The van der Waals surface area contributed by atoms with Crippen LogP contribution in [0.5, 0.6) is 5.75 Å². The van der Waals surface area contributed by atoms with Crippen molar-refractivity contribution in [1.29, 1.82) is 0 Å². The molecular formula is C26H22BrN3O4. The number of nitrogens with zero attached hydrogens (tertiary/aromatic N) is 3. The fourth-order valence-electron chi connectivity index (χ4n) is 3.31. The smallest absolute Gasteiger partial charge is 0.344 e. The highest BCUT2D eigenvalue weighted by atomic mass is 79.9. The van der Waals surface area contributed by atoms with Crippen LogP contribution in [0.3, 0.4) is 0 Å². The zero-order chi connectivity index (χ0) is 24.1. The van der Waals surface area contributed by atoms with Gasteiger partial charge in [0.05, 0.1) is 23.2 Å². The lowest BCUT2D eigenvalue weighted by molar-refractivity contribution is -0.149. The molecule has 1 aromatic heterocycles. The number of hydrogen-bond donors (Lipinski definition) is 0. The highest BCUT2D eigenvalue weighted by molar-refractivity contribution is 9.10. The Morgan fingerprint density at radius 1 is 1.09 bits per heavy atom. The fraction of sp³-hybridized carbons (Fsp3) is 0.154. The van der Waals surface area contributed by atoms with Gasteiger partial charge < -0.3 is 9.47 Å². The lowest BCUT2D eigenvalue weighted by Gasteiger charge is -2.12. The molecule has 3 aromatic carbocycles. The van der Waals surface area contributed by atoms with Crippen LogP contribution in [0.1, 0.15) is 19.4 Å². The molecule has 0 bridgehead atoms. The van der Waals surface area contributed by atoms with Gasteiger partial charge in [0.2, 0.25) is 0 Å². The molecule has 0 aliphatic carbocycles. The summed E-state index contributed by atoms with van der Waals surface area (Å²) in [4.78, 5) is 29.9. The van der Waals surface area contributed by atoms with Gasteiger partial charge in [-0.2, -0.15) is 9.78 Å². The van der Waals surface area contributed by atoms with Crippen LogP contribution in [0.2, 0.25) is 0 Å². The van der Waals surface area contributed by atoms with Gasteiger partial charge in [-0.05, 0) is 44.2 Å². The molecule has 0 spiro atoms. The van der Waals surface area contributed by atoms with Gasteiger partial charge in [-0.1, -0.05) is 58.4 Å². The first-order valence-electron chi connectivity index (χ1n) is 10.7. The molecule has 0 amide bonds. The highest BCUT2D eigenvalue weighted by Crippen LogP contribution is 2.23. The molecule has 4 rings (SSSR count). The SMILES string of the molecule is CC(C)OC(=O)COc1ccc(Br)cc1C=Nn1c(-c2ccccc2)nc2ccccc2c1=O. The molecule has 0 saturated carbocycles. The number of fused-ring (bicyclic) bond motifs is 1. The fourth-order valence-corrected chi connectivity index (χ4v) is 3.69. The van der Waals surface area contributed by atoms with Crippen molar-refractivity contribution in [1.82, 2.24) is 9.66 Å². The molecular weight excluding hydrogens is 498 g/mol. The lowest BCUT2D eigenvalue weighted by atomic mass is 10.2. The van der Waals surface area contributed by atoms with E-state index in [0.29, 0.717) is 28.0 Å². The number of ether oxygens (including phenoxy) is 2. The first-order chi connectivity index (χ1) is 16.4. The quantitative estimate of drug-likeness (QED) is 0.252. The van der Waals surface area contributed by atoms with Crippen molar-refractivity contribution in [2.45, 2.75) is 20.0 Å². The van der Waals surface area contributed by atoms with Gasteiger partial charge in [0.15, 0.2) is 12.4 Å². The number of benzene rings is 3. The second-order valence-electron chi connectivity index (χ2n) is 7.69. The Kier molecular flexibility index (Phi) is 7.18. The Labute approximate surface area is 204 Å². The van der Waals surface area contributed by atoms with Crippen LogP contribution < -0.4 is 10.3 Å². The van der Waals surface area contributed by atoms with Gasteiger partial charge in [-0.25, -0.2) is 9.78 Å². The number of aromatic nitrogens is 2. The van der Waals surface area contributed by atoms with Gasteiger partial charge in [-0.15, -0.1) is 0 Å². The number of carbonyl (C=O) groups is 1. The topological polar surface area (TPSA) is 82.8 Å². The van der Waals surface area contributed by atoms with Gasteiger partial charge in [0.25, 0.3) is 5.56 Å². The summed E-state index contributed by atoms with van der Waals surface area (Å²) in [5, 5.41) is 4.94. The maximum absolute atomic E-state index is 13.3. The summed E-state index contributed by atoms with van der Waals surface area (Å²) in [6.07, 6.45) is 1.28. The second-order valence-corrected chi connectivity index (χ2v) is 8.61. The van der Waals surface area contributed by atoms with E-state index in [1.54, 1.807) is 50.2 Å². The average Bonchev–Trinajstić information content (AvgIpc) is 2.83. The molecule has 34 heavy (non-hydrogen) atoms. The molecule has 0 aliphatic heterocycles. The minimum absolute atomic E-state index is 0.231. The molecule has 1 heterocycles. The largest absolute Gasteiger partial charge is 0.481 e. The molecule has 172 valence electrons. The van der Waals surface area contributed by atoms with E-state index in [2.05, 4.69) is 21.0 Å². The normalized spacial score (nSPS) is 11.3. The van der Waals surface area contributed by atoms with E-state index in [0.717, 1.165) is 10.0 Å². The van der Waals surface area contributed by atoms with Crippen molar-refractivity contribution < 1.29 is 14.3 Å². The molecule has 0 unspecified atom stereocenters. The van der Waals surface area contributed by atoms with Crippen LogP contribution in [0, 0.1) is 0 Å². The third-order valence-corrected chi connectivity index (χ3v) is 5.28. The molecule has 8 heteroatoms. The molecule has 0 atom stereocenters. The Balaban J connectivity index is 1.76. The van der Waals surface area contributed by atoms with Crippen LogP contribution in [0.25, 0.3) is 22.3 Å². The summed E-state index contributed by atoms with van der Waals surface area (Å²) < 4.78 is 12.9. The Morgan fingerprint density at radius 3 is 2.59 bits per heavy atom. The standard InChI is InChI=1S/C26H22BrN3O4/c1-17(2)34-24(31)16-33-23-13-12-20(27)14-19(23)15-28-30-25(18-8-4-3-5-9-18)29-22-11-7-6-10-21(22)26(30)32/h3-15,17H,16H2,1-2H3. The minimum Gasteiger partial charge on any atom is -0.481 e. The summed E-state index contributed by atoms with van der Waals surface area (Å²) in [6, 6.07) is 21.8. The van der Waals surface area contributed by atoms with Crippen LogP contribution in [-0.2, 0) is 9.53 Å². The maximum Gasteiger partial charge on any atom is 0.344 e. The number of halogens is 1. The predicted octanol–water partition coefficient (Wildman–Crippen LogP) is 5.04. The number of hydrogen-bond acceptors (Lipinski definition) is 6.